The zero-order valence-corrected chi connectivity index (χ0v) is 10.9. The summed E-state index contributed by atoms with van der Waals surface area (Å²) in [6.45, 7) is 1.76. The van der Waals surface area contributed by atoms with Gasteiger partial charge in [-0.05, 0) is 18.4 Å². The molecule has 4 nitrogen and oxygen atoms in total. The van der Waals surface area contributed by atoms with Gasteiger partial charge in [0.2, 0.25) is 0 Å². The van der Waals surface area contributed by atoms with Crippen LogP contribution in [0.15, 0.2) is 11.4 Å². The van der Waals surface area contributed by atoms with Crippen LogP contribution in [0.3, 0.4) is 0 Å². The van der Waals surface area contributed by atoms with E-state index in [0.29, 0.717) is 0 Å². The molecule has 1 rings (SSSR count). The number of aliphatic hydroxyl groups is 1. The summed E-state index contributed by atoms with van der Waals surface area (Å²) in [6.07, 6.45) is 0. The second-order valence-corrected chi connectivity index (χ2v) is 4.88. The smallest absolute Gasteiger partial charge is 0.746 e. The summed E-state index contributed by atoms with van der Waals surface area (Å²) < 4.78 is 31.0. The number of hydrogen-bond donors (Lipinski definition) is 1. The standard InChI is InChI=1S/C6H8O4S2.Na/c1-4-2-5(3-11-4)6(7)12(8,9)10;/h2-3,6-7H,1H3,(H,8,9,10);/q;+1/p-1. The van der Waals surface area contributed by atoms with Crippen molar-refractivity contribution < 1.29 is 47.6 Å². The van der Waals surface area contributed by atoms with Crippen LogP contribution >= 0.6 is 11.3 Å². The summed E-state index contributed by atoms with van der Waals surface area (Å²) in [6, 6.07) is 1.48. The third kappa shape index (κ3) is 3.67. The average molecular weight is 230 g/mol. The Hall–Kier alpha value is 0.570. The normalized spacial score (nSPS) is 13.5. The van der Waals surface area contributed by atoms with Crippen LogP contribution in [0.1, 0.15) is 15.9 Å². The molecule has 1 heterocycles. The first kappa shape index (κ1) is 13.6. The fourth-order valence-electron chi connectivity index (χ4n) is 0.760. The molecule has 13 heavy (non-hydrogen) atoms. The van der Waals surface area contributed by atoms with Crippen LogP contribution in [-0.4, -0.2) is 18.1 Å². The number of thiophene rings is 1. The van der Waals surface area contributed by atoms with Gasteiger partial charge in [-0.2, -0.15) is 0 Å². The van der Waals surface area contributed by atoms with Crippen molar-refractivity contribution in [3.8, 4) is 0 Å². The van der Waals surface area contributed by atoms with Gasteiger partial charge < -0.3 is 9.66 Å². The number of aliphatic hydroxyl groups excluding tert-OH is 1. The zero-order chi connectivity index (χ0) is 9.35. The predicted molar refractivity (Wildman–Crippen MR) is 43.7 cm³/mol. The summed E-state index contributed by atoms with van der Waals surface area (Å²) in [4.78, 5) is 0.854. The van der Waals surface area contributed by atoms with Crippen molar-refractivity contribution in [2.75, 3.05) is 0 Å². The molecule has 0 fully saturated rings. The molecule has 1 atom stereocenters. The molecule has 1 aromatic rings. The van der Waals surface area contributed by atoms with Gasteiger partial charge in [-0.3, -0.25) is 0 Å². The Morgan fingerprint density at radius 2 is 2.15 bits per heavy atom. The molecule has 68 valence electrons. The number of rotatable bonds is 2. The van der Waals surface area contributed by atoms with Crippen molar-refractivity contribution in [3.63, 3.8) is 0 Å². The van der Waals surface area contributed by atoms with E-state index in [1.165, 1.54) is 22.8 Å². The van der Waals surface area contributed by atoms with Crippen LogP contribution < -0.4 is 29.6 Å². The molecule has 0 aliphatic rings. The van der Waals surface area contributed by atoms with Crippen LogP contribution in [0, 0.1) is 6.92 Å². The Kier molecular flexibility index (Phi) is 5.09. The minimum atomic E-state index is -4.63. The van der Waals surface area contributed by atoms with Crippen LogP contribution in [0.25, 0.3) is 0 Å². The van der Waals surface area contributed by atoms with Gasteiger partial charge in [0, 0.05) is 10.4 Å². The fourth-order valence-corrected chi connectivity index (χ4v) is 2.04. The number of hydrogen-bond acceptors (Lipinski definition) is 5. The molecular weight excluding hydrogens is 223 g/mol. The van der Waals surface area contributed by atoms with Crippen LogP contribution in [0.4, 0.5) is 0 Å². The third-order valence-electron chi connectivity index (χ3n) is 1.31. The van der Waals surface area contributed by atoms with Gasteiger partial charge in [-0.1, -0.05) is 0 Å². The van der Waals surface area contributed by atoms with Gasteiger partial charge in [0.15, 0.2) is 5.44 Å². The van der Waals surface area contributed by atoms with E-state index in [2.05, 4.69) is 0 Å². The molecule has 0 saturated carbocycles. The topological polar surface area (TPSA) is 77.4 Å². The molecule has 1 N–H and O–H groups in total. The molecule has 0 bridgehead atoms. The quantitative estimate of drug-likeness (QED) is 0.454. The van der Waals surface area contributed by atoms with Gasteiger partial charge in [0.25, 0.3) is 0 Å². The minimum Gasteiger partial charge on any atom is -0.746 e. The summed E-state index contributed by atoms with van der Waals surface area (Å²) in [5.74, 6) is 0. The van der Waals surface area contributed by atoms with Crippen molar-refractivity contribution >= 4 is 21.5 Å². The summed E-state index contributed by atoms with van der Waals surface area (Å²) in [5.41, 5.74) is -1.78. The van der Waals surface area contributed by atoms with Crippen LogP contribution in [0.2, 0.25) is 0 Å². The van der Waals surface area contributed by atoms with Crippen LogP contribution in [-0.2, 0) is 10.1 Å². The van der Waals surface area contributed by atoms with E-state index < -0.39 is 15.6 Å². The van der Waals surface area contributed by atoms with E-state index >= 15 is 0 Å². The van der Waals surface area contributed by atoms with Gasteiger partial charge in [0.05, 0.1) is 0 Å². The fraction of sp³-hybridized carbons (Fsp3) is 0.333. The molecule has 0 aliphatic carbocycles. The second kappa shape index (κ2) is 4.88. The van der Waals surface area contributed by atoms with E-state index in [9.17, 15) is 13.0 Å². The molecule has 0 spiro atoms. The minimum absolute atomic E-state index is 0. The summed E-state index contributed by atoms with van der Waals surface area (Å²) in [5, 5.41) is 10.4. The molecule has 0 radical (unpaired) electrons. The Balaban J connectivity index is 0.00000144. The van der Waals surface area contributed by atoms with E-state index in [1.54, 1.807) is 6.92 Å². The average Bonchev–Trinajstić information content (AvgIpc) is 2.32. The number of aryl methyl sites for hydroxylation is 1. The van der Waals surface area contributed by atoms with Crippen molar-refractivity contribution in [1.82, 2.24) is 0 Å². The third-order valence-corrected chi connectivity index (χ3v) is 3.01. The zero-order valence-electron chi connectivity index (χ0n) is 7.22. The van der Waals surface area contributed by atoms with E-state index in [-0.39, 0.29) is 35.1 Å². The SMILES string of the molecule is Cc1cc(C(O)S(=O)(=O)[O-])cs1.[Na+]. The molecule has 1 aromatic heterocycles. The van der Waals surface area contributed by atoms with E-state index in [0.717, 1.165) is 4.88 Å². The Labute approximate surface area is 103 Å². The van der Waals surface area contributed by atoms with Gasteiger partial charge in [0.1, 0.15) is 10.1 Å². The Morgan fingerprint density at radius 3 is 2.46 bits per heavy atom. The van der Waals surface area contributed by atoms with Gasteiger partial charge in [-0.15, -0.1) is 11.3 Å². The summed E-state index contributed by atoms with van der Waals surface area (Å²) in [7, 11) is -4.63. The first-order valence-corrected chi connectivity index (χ1v) is 5.44. The molecule has 0 amide bonds. The maximum Gasteiger partial charge on any atom is 1.00 e. The maximum atomic E-state index is 10.3. The van der Waals surface area contributed by atoms with Gasteiger partial charge >= 0.3 is 29.6 Å². The molecule has 7 heteroatoms. The molecule has 0 aromatic carbocycles. The monoisotopic (exact) mass is 230 g/mol. The van der Waals surface area contributed by atoms with Crippen molar-refractivity contribution in [2.45, 2.75) is 12.4 Å². The molecular formula is C6H7NaO4S2. The van der Waals surface area contributed by atoms with Crippen molar-refractivity contribution in [1.29, 1.82) is 0 Å². The second-order valence-electron chi connectivity index (χ2n) is 2.34. The van der Waals surface area contributed by atoms with Gasteiger partial charge in [-0.25, -0.2) is 8.42 Å². The molecule has 1 unspecified atom stereocenters. The largest absolute Gasteiger partial charge is 1.00 e. The molecule has 0 aliphatic heterocycles. The van der Waals surface area contributed by atoms with Crippen molar-refractivity contribution in [2.24, 2.45) is 0 Å². The Bertz CT molecular complexity index is 370. The first-order valence-electron chi connectivity index (χ1n) is 3.09. The first-order chi connectivity index (χ1) is 5.41. The van der Waals surface area contributed by atoms with E-state index in [4.69, 9.17) is 5.11 Å². The van der Waals surface area contributed by atoms with Crippen LogP contribution in [0.5, 0.6) is 0 Å². The molecule has 0 saturated heterocycles. The maximum absolute atomic E-state index is 10.3. The Morgan fingerprint density at radius 1 is 1.62 bits per heavy atom. The summed E-state index contributed by atoms with van der Waals surface area (Å²) >= 11 is 1.29. The predicted octanol–water partition coefficient (Wildman–Crippen LogP) is -2.40. The van der Waals surface area contributed by atoms with Crippen molar-refractivity contribution in [3.05, 3.63) is 21.9 Å². The van der Waals surface area contributed by atoms with E-state index in [1.807, 2.05) is 0 Å².